The van der Waals surface area contributed by atoms with Crippen molar-refractivity contribution in [2.75, 3.05) is 33.4 Å². The molecule has 0 aromatic rings. The molecular weight excluding hydrogens is 268 g/mol. The number of likely N-dealkylation sites (N-methyl/N-ethyl adjacent to an activating group) is 2. The predicted molar refractivity (Wildman–Crippen MR) is 82.3 cm³/mol. The van der Waals surface area contributed by atoms with Crippen LogP contribution in [0.4, 0.5) is 0 Å². The van der Waals surface area contributed by atoms with Crippen LogP contribution in [0, 0.1) is 0 Å². The van der Waals surface area contributed by atoms with Crippen molar-refractivity contribution in [1.82, 2.24) is 10.2 Å². The van der Waals surface area contributed by atoms with Crippen LogP contribution in [0.25, 0.3) is 0 Å². The van der Waals surface area contributed by atoms with Gasteiger partial charge in [0.15, 0.2) is 0 Å². The average molecular weight is 298 g/mol. The lowest BCUT2D eigenvalue weighted by molar-refractivity contribution is -0.151. The van der Waals surface area contributed by atoms with Crippen molar-refractivity contribution in [3.8, 4) is 0 Å². The Hall–Kier alpha value is -0.650. The molecule has 0 bridgehead atoms. The minimum atomic E-state index is -0.495. The van der Waals surface area contributed by atoms with Crippen molar-refractivity contribution in [2.24, 2.45) is 0 Å². The van der Waals surface area contributed by atoms with Crippen LogP contribution >= 0.6 is 0 Å². The molecule has 1 N–H and O–H groups in total. The van der Waals surface area contributed by atoms with Crippen LogP contribution in [0.3, 0.4) is 0 Å². The molecule has 0 radical (unpaired) electrons. The van der Waals surface area contributed by atoms with Crippen molar-refractivity contribution in [1.29, 1.82) is 0 Å². The van der Waals surface area contributed by atoms with Gasteiger partial charge >= 0.3 is 5.97 Å². The number of rotatable bonds is 7. The van der Waals surface area contributed by atoms with Gasteiger partial charge in [-0.3, -0.25) is 9.69 Å². The van der Waals surface area contributed by atoms with Crippen molar-refractivity contribution in [3.05, 3.63) is 0 Å². The first-order valence-electron chi connectivity index (χ1n) is 8.37. The minimum Gasteiger partial charge on any atom is -0.465 e. The molecule has 3 atom stereocenters. The zero-order valence-electron chi connectivity index (χ0n) is 13.7. The molecule has 2 fully saturated rings. The van der Waals surface area contributed by atoms with Gasteiger partial charge in [-0.25, -0.2) is 0 Å². The van der Waals surface area contributed by atoms with E-state index in [4.69, 9.17) is 9.47 Å². The molecule has 2 rings (SSSR count). The van der Waals surface area contributed by atoms with Gasteiger partial charge in [-0.15, -0.1) is 0 Å². The summed E-state index contributed by atoms with van der Waals surface area (Å²) in [5.41, 5.74) is -0.495. The Kier molecular flexibility index (Phi) is 6.02. The molecule has 122 valence electrons. The topological polar surface area (TPSA) is 50.8 Å². The van der Waals surface area contributed by atoms with Gasteiger partial charge in [-0.2, -0.15) is 0 Å². The van der Waals surface area contributed by atoms with Crippen LogP contribution in [0.2, 0.25) is 0 Å². The first-order chi connectivity index (χ1) is 10.1. The summed E-state index contributed by atoms with van der Waals surface area (Å²) in [5.74, 6) is -0.0943. The third-order valence-electron chi connectivity index (χ3n) is 5.02. The number of nitrogens with zero attached hydrogens (tertiary/aromatic N) is 1. The fourth-order valence-corrected chi connectivity index (χ4v) is 3.70. The summed E-state index contributed by atoms with van der Waals surface area (Å²) in [6, 6.07) is 0.441. The highest BCUT2D eigenvalue weighted by Crippen LogP contribution is 2.34. The largest absolute Gasteiger partial charge is 0.465 e. The lowest BCUT2D eigenvalue weighted by Gasteiger charge is -2.32. The van der Waals surface area contributed by atoms with E-state index in [0.29, 0.717) is 18.8 Å². The lowest BCUT2D eigenvalue weighted by Crippen LogP contribution is -2.51. The number of carbonyl (C=O) groups excluding carboxylic acids is 1. The van der Waals surface area contributed by atoms with Gasteiger partial charge in [0, 0.05) is 19.2 Å². The van der Waals surface area contributed by atoms with Crippen molar-refractivity contribution in [2.45, 2.75) is 63.6 Å². The van der Waals surface area contributed by atoms with Crippen LogP contribution in [-0.4, -0.2) is 61.9 Å². The SMILES string of the molecule is CCOC(=O)C1(NC)CCC(N(CC)CC2CCCO2)C1. The Balaban J connectivity index is 1.95. The fraction of sp³-hybridized carbons (Fsp3) is 0.938. The van der Waals surface area contributed by atoms with Gasteiger partial charge in [0.1, 0.15) is 5.54 Å². The van der Waals surface area contributed by atoms with Gasteiger partial charge in [0.25, 0.3) is 0 Å². The summed E-state index contributed by atoms with van der Waals surface area (Å²) in [4.78, 5) is 14.8. The van der Waals surface area contributed by atoms with Gasteiger partial charge in [0.05, 0.1) is 12.7 Å². The zero-order chi connectivity index (χ0) is 15.3. The van der Waals surface area contributed by atoms with Crippen molar-refractivity contribution in [3.63, 3.8) is 0 Å². The van der Waals surface area contributed by atoms with E-state index in [2.05, 4.69) is 17.1 Å². The highest BCUT2D eigenvalue weighted by molar-refractivity contribution is 5.81. The van der Waals surface area contributed by atoms with Gasteiger partial charge in [0.2, 0.25) is 0 Å². The second kappa shape index (κ2) is 7.56. The van der Waals surface area contributed by atoms with Crippen LogP contribution in [0.15, 0.2) is 0 Å². The van der Waals surface area contributed by atoms with E-state index in [9.17, 15) is 4.79 Å². The summed E-state index contributed by atoms with van der Waals surface area (Å²) in [6.45, 7) is 7.40. The molecule has 3 unspecified atom stereocenters. The first-order valence-corrected chi connectivity index (χ1v) is 8.37. The Morgan fingerprint density at radius 3 is 2.81 bits per heavy atom. The second-order valence-electron chi connectivity index (χ2n) is 6.17. The molecule has 1 heterocycles. The van der Waals surface area contributed by atoms with Crippen LogP contribution < -0.4 is 5.32 Å². The normalized spacial score (nSPS) is 32.8. The summed E-state index contributed by atoms with van der Waals surface area (Å²) < 4.78 is 11.0. The van der Waals surface area contributed by atoms with Crippen molar-refractivity contribution >= 4 is 5.97 Å². The van der Waals surface area contributed by atoms with Crippen LogP contribution in [0.5, 0.6) is 0 Å². The standard InChI is InChI=1S/C16H30N2O3/c1-4-18(12-14-7-6-10-21-14)13-8-9-16(11-13,17-3)15(19)20-5-2/h13-14,17H,4-12H2,1-3H3. The maximum absolute atomic E-state index is 12.3. The number of nitrogens with one attached hydrogen (secondary N) is 1. The molecular formula is C16H30N2O3. The monoisotopic (exact) mass is 298 g/mol. The molecule has 2 aliphatic rings. The Labute approximate surface area is 128 Å². The molecule has 5 heteroatoms. The van der Waals surface area contributed by atoms with Gasteiger partial charge < -0.3 is 14.8 Å². The fourth-order valence-electron chi connectivity index (χ4n) is 3.70. The Bertz CT molecular complexity index is 344. The van der Waals surface area contributed by atoms with E-state index < -0.39 is 5.54 Å². The Morgan fingerprint density at radius 2 is 2.24 bits per heavy atom. The van der Waals surface area contributed by atoms with Gasteiger partial charge in [-0.05, 0) is 52.6 Å². The third-order valence-corrected chi connectivity index (χ3v) is 5.02. The van der Waals surface area contributed by atoms with Crippen LogP contribution in [-0.2, 0) is 14.3 Å². The van der Waals surface area contributed by atoms with E-state index >= 15 is 0 Å². The van der Waals surface area contributed by atoms with E-state index in [0.717, 1.165) is 45.4 Å². The summed E-state index contributed by atoms with van der Waals surface area (Å²) in [6.07, 6.45) is 5.45. The molecule has 0 aromatic heterocycles. The quantitative estimate of drug-likeness (QED) is 0.723. The molecule has 1 saturated carbocycles. The summed E-state index contributed by atoms with van der Waals surface area (Å²) in [7, 11) is 1.87. The maximum atomic E-state index is 12.3. The highest BCUT2D eigenvalue weighted by atomic mass is 16.5. The van der Waals surface area contributed by atoms with E-state index in [-0.39, 0.29) is 5.97 Å². The first kappa shape index (κ1) is 16.7. The predicted octanol–water partition coefficient (Wildman–Crippen LogP) is 1.56. The molecule has 0 amide bonds. The number of carbonyl (C=O) groups is 1. The maximum Gasteiger partial charge on any atom is 0.326 e. The lowest BCUT2D eigenvalue weighted by atomic mass is 9.97. The molecule has 1 saturated heterocycles. The average Bonchev–Trinajstić information content (AvgIpc) is 3.15. The number of ether oxygens (including phenoxy) is 2. The molecule has 1 aliphatic heterocycles. The van der Waals surface area contributed by atoms with Gasteiger partial charge in [-0.1, -0.05) is 6.92 Å². The molecule has 1 aliphatic carbocycles. The molecule has 0 aromatic carbocycles. The number of hydrogen-bond acceptors (Lipinski definition) is 5. The Morgan fingerprint density at radius 1 is 1.43 bits per heavy atom. The summed E-state index contributed by atoms with van der Waals surface area (Å²) in [5, 5.41) is 3.23. The number of hydrogen-bond donors (Lipinski definition) is 1. The highest BCUT2D eigenvalue weighted by Gasteiger charge is 2.46. The van der Waals surface area contributed by atoms with E-state index in [1.165, 1.54) is 6.42 Å². The summed E-state index contributed by atoms with van der Waals surface area (Å²) >= 11 is 0. The molecule has 21 heavy (non-hydrogen) atoms. The minimum absolute atomic E-state index is 0.0943. The second-order valence-corrected chi connectivity index (χ2v) is 6.17. The zero-order valence-corrected chi connectivity index (χ0v) is 13.7. The molecule has 0 spiro atoms. The molecule has 5 nitrogen and oxygen atoms in total. The van der Waals surface area contributed by atoms with Crippen molar-refractivity contribution < 1.29 is 14.3 Å². The van der Waals surface area contributed by atoms with E-state index in [1.54, 1.807) is 0 Å². The third kappa shape index (κ3) is 3.76. The number of esters is 1. The van der Waals surface area contributed by atoms with Crippen LogP contribution in [0.1, 0.15) is 46.0 Å². The smallest absolute Gasteiger partial charge is 0.326 e. The van der Waals surface area contributed by atoms with E-state index in [1.807, 2.05) is 14.0 Å².